The molecule has 5 nitrogen and oxygen atoms in total. The zero-order valence-electron chi connectivity index (χ0n) is 11.0. The van der Waals surface area contributed by atoms with Crippen molar-refractivity contribution in [2.45, 2.75) is 4.90 Å². The first-order chi connectivity index (χ1) is 10.1. The summed E-state index contributed by atoms with van der Waals surface area (Å²) < 4.78 is 28.8. The first-order valence-corrected chi connectivity index (χ1v) is 7.81. The Labute approximate surface area is 122 Å². The normalized spacial score (nSPS) is 11.2. The van der Waals surface area contributed by atoms with Crippen LogP contribution in [-0.4, -0.2) is 18.2 Å². The quantitative estimate of drug-likeness (QED) is 0.805. The van der Waals surface area contributed by atoms with Crippen molar-refractivity contribution in [1.29, 1.82) is 0 Å². The summed E-state index contributed by atoms with van der Waals surface area (Å²) in [6.07, 6.45) is 3.46. The summed E-state index contributed by atoms with van der Waals surface area (Å²) in [4.78, 5) is 0.231. The van der Waals surface area contributed by atoms with Crippen molar-refractivity contribution >= 4 is 15.7 Å². The lowest BCUT2D eigenvalue weighted by molar-refractivity contribution is 0.601. The highest BCUT2D eigenvalue weighted by Crippen LogP contribution is 2.18. The monoisotopic (exact) mass is 299 g/mol. The van der Waals surface area contributed by atoms with Gasteiger partial charge in [-0.3, -0.25) is 4.72 Å². The molecular weight excluding hydrogens is 286 g/mol. The van der Waals surface area contributed by atoms with Gasteiger partial charge in [0.05, 0.1) is 16.3 Å². The van der Waals surface area contributed by atoms with Crippen molar-refractivity contribution in [3.8, 4) is 5.69 Å². The predicted molar refractivity (Wildman–Crippen MR) is 80.8 cm³/mol. The molecule has 0 unspecified atom stereocenters. The van der Waals surface area contributed by atoms with Crippen LogP contribution in [-0.2, 0) is 10.0 Å². The van der Waals surface area contributed by atoms with E-state index in [1.54, 1.807) is 71.7 Å². The standard InChI is InChI=1S/C15H13N3O2S/c19-21(20,15-8-2-1-3-9-15)17-13-6-4-7-14(12-13)18-11-5-10-16-18/h1-12,17H. The second-order valence-electron chi connectivity index (χ2n) is 4.42. The Morgan fingerprint density at radius 2 is 1.76 bits per heavy atom. The molecule has 1 heterocycles. The molecule has 0 saturated heterocycles. The topological polar surface area (TPSA) is 64.0 Å². The van der Waals surface area contributed by atoms with Crippen LogP contribution in [0, 0.1) is 0 Å². The van der Waals surface area contributed by atoms with Crippen LogP contribution in [0.5, 0.6) is 0 Å². The van der Waals surface area contributed by atoms with E-state index in [0.717, 1.165) is 5.69 Å². The fraction of sp³-hybridized carbons (Fsp3) is 0. The minimum atomic E-state index is -3.58. The molecule has 0 fully saturated rings. The molecule has 1 aromatic heterocycles. The first-order valence-electron chi connectivity index (χ1n) is 6.33. The highest BCUT2D eigenvalue weighted by Gasteiger charge is 2.13. The number of aromatic nitrogens is 2. The number of nitrogens with zero attached hydrogens (tertiary/aromatic N) is 2. The summed E-state index contributed by atoms with van der Waals surface area (Å²) in [6.45, 7) is 0. The van der Waals surface area contributed by atoms with Crippen LogP contribution in [0.3, 0.4) is 0 Å². The zero-order valence-corrected chi connectivity index (χ0v) is 11.9. The number of hydrogen-bond donors (Lipinski definition) is 1. The molecule has 0 radical (unpaired) electrons. The molecule has 0 atom stereocenters. The van der Waals surface area contributed by atoms with Crippen LogP contribution in [0.4, 0.5) is 5.69 Å². The van der Waals surface area contributed by atoms with E-state index in [9.17, 15) is 8.42 Å². The molecule has 3 rings (SSSR count). The Hall–Kier alpha value is -2.60. The molecule has 106 valence electrons. The lowest BCUT2D eigenvalue weighted by Crippen LogP contribution is -2.13. The number of hydrogen-bond acceptors (Lipinski definition) is 3. The second-order valence-corrected chi connectivity index (χ2v) is 6.10. The Kier molecular flexibility index (Phi) is 3.45. The maximum atomic E-state index is 12.3. The summed E-state index contributed by atoms with van der Waals surface area (Å²) in [7, 11) is -3.58. The molecule has 0 spiro atoms. The maximum absolute atomic E-state index is 12.3. The van der Waals surface area contributed by atoms with Crippen LogP contribution in [0.25, 0.3) is 5.69 Å². The van der Waals surface area contributed by atoms with Gasteiger partial charge < -0.3 is 0 Å². The summed E-state index contributed by atoms with van der Waals surface area (Å²) in [5.74, 6) is 0. The maximum Gasteiger partial charge on any atom is 0.261 e. The fourth-order valence-electron chi connectivity index (χ4n) is 1.95. The van der Waals surface area contributed by atoms with Gasteiger partial charge in [0.15, 0.2) is 0 Å². The zero-order chi connectivity index (χ0) is 14.7. The van der Waals surface area contributed by atoms with E-state index in [1.165, 1.54) is 0 Å². The molecular formula is C15H13N3O2S. The van der Waals surface area contributed by atoms with Gasteiger partial charge in [0.25, 0.3) is 10.0 Å². The van der Waals surface area contributed by atoms with Crippen molar-refractivity contribution in [1.82, 2.24) is 9.78 Å². The Bertz CT molecular complexity index is 828. The molecule has 21 heavy (non-hydrogen) atoms. The van der Waals surface area contributed by atoms with Crippen LogP contribution in [0.15, 0.2) is 78.0 Å². The third-order valence-corrected chi connectivity index (χ3v) is 4.32. The molecule has 0 aliphatic heterocycles. The van der Waals surface area contributed by atoms with E-state index in [4.69, 9.17) is 0 Å². The smallest absolute Gasteiger partial charge is 0.261 e. The van der Waals surface area contributed by atoms with Crippen molar-refractivity contribution in [3.63, 3.8) is 0 Å². The van der Waals surface area contributed by atoms with Gasteiger partial charge in [-0.15, -0.1) is 0 Å². The summed E-state index contributed by atoms with van der Waals surface area (Å²) >= 11 is 0. The number of benzene rings is 2. The van der Waals surface area contributed by atoms with Crippen molar-refractivity contribution < 1.29 is 8.42 Å². The van der Waals surface area contributed by atoms with Crippen LogP contribution >= 0.6 is 0 Å². The van der Waals surface area contributed by atoms with Crippen molar-refractivity contribution in [2.24, 2.45) is 0 Å². The van der Waals surface area contributed by atoms with E-state index in [2.05, 4.69) is 9.82 Å². The first kappa shape index (κ1) is 13.4. The summed E-state index contributed by atoms with van der Waals surface area (Å²) in [6, 6.07) is 17.1. The summed E-state index contributed by atoms with van der Waals surface area (Å²) in [5.41, 5.74) is 1.28. The van der Waals surface area contributed by atoms with Gasteiger partial charge in [0.1, 0.15) is 0 Å². The third-order valence-electron chi connectivity index (χ3n) is 2.92. The average molecular weight is 299 g/mol. The third kappa shape index (κ3) is 2.95. The van der Waals surface area contributed by atoms with Gasteiger partial charge in [-0.1, -0.05) is 24.3 Å². The Morgan fingerprint density at radius 3 is 2.48 bits per heavy atom. The lowest BCUT2D eigenvalue weighted by atomic mass is 10.3. The van der Waals surface area contributed by atoms with Crippen molar-refractivity contribution in [3.05, 3.63) is 73.1 Å². The molecule has 0 saturated carbocycles. The largest absolute Gasteiger partial charge is 0.280 e. The van der Waals surface area contributed by atoms with E-state index in [1.807, 2.05) is 6.07 Å². The number of anilines is 1. The SMILES string of the molecule is O=S(=O)(Nc1cccc(-n2cccn2)c1)c1ccccc1. The van der Waals surface area contributed by atoms with E-state index in [0.29, 0.717) is 5.69 Å². The van der Waals surface area contributed by atoms with Crippen molar-refractivity contribution in [2.75, 3.05) is 4.72 Å². The van der Waals surface area contributed by atoms with Gasteiger partial charge in [-0.2, -0.15) is 5.10 Å². The van der Waals surface area contributed by atoms with Crippen LogP contribution in [0.2, 0.25) is 0 Å². The molecule has 0 aliphatic rings. The number of sulfonamides is 1. The van der Waals surface area contributed by atoms with E-state index in [-0.39, 0.29) is 4.90 Å². The highest BCUT2D eigenvalue weighted by atomic mass is 32.2. The fourth-order valence-corrected chi connectivity index (χ4v) is 3.02. The van der Waals surface area contributed by atoms with Crippen LogP contribution < -0.4 is 4.72 Å². The van der Waals surface area contributed by atoms with Gasteiger partial charge in [0, 0.05) is 12.4 Å². The number of rotatable bonds is 4. The minimum Gasteiger partial charge on any atom is -0.280 e. The van der Waals surface area contributed by atoms with Gasteiger partial charge in [-0.05, 0) is 36.4 Å². The lowest BCUT2D eigenvalue weighted by Gasteiger charge is -2.09. The molecule has 3 aromatic rings. The van der Waals surface area contributed by atoms with Gasteiger partial charge >= 0.3 is 0 Å². The summed E-state index contributed by atoms with van der Waals surface area (Å²) in [5, 5.41) is 4.12. The molecule has 6 heteroatoms. The average Bonchev–Trinajstić information content (AvgIpc) is 3.02. The molecule has 0 amide bonds. The Balaban J connectivity index is 1.91. The van der Waals surface area contributed by atoms with Crippen LogP contribution in [0.1, 0.15) is 0 Å². The molecule has 2 aromatic carbocycles. The minimum absolute atomic E-state index is 0.231. The highest BCUT2D eigenvalue weighted by molar-refractivity contribution is 7.92. The van der Waals surface area contributed by atoms with Gasteiger partial charge in [0.2, 0.25) is 0 Å². The van der Waals surface area contributed by atoms with Gasteiger partial charge in [-0.25, -0.2) is 13.1 Å². The molecule has 0 bridgehead atoms. The number of nitrogens with one attached hydrogen (secondary N) is 1. The molecule has 1 N–H and O–H groups in total. The van der Waals surface area contributed by atoms with E-state index >= 15 is 0 Å². The van der Waals surface area contributed by atoms with E-state index < -0.39 is 10.0 Å². The second kappa shape index (κ2) is 5.41. The predicted octanol–water partition coefficient (Wildman–Crippen LogP) is 2.67. The molecule has 0 aliphatic carbocycles. The Morgan fingerprint density at radius 1 is 0.952 bits per heavy atom.